The summed E-state index contributed by atoms with van der Waals surface area (Å²) in [4.78, 5) is 0. The van der Waals surface area contributed by atoms with E-state index in [1.54, 1.807) is 18.2 Å². The van der Waals surface area contributed by atoms with Gasteiger partial charge in [0.15, 0.2) is 0 Å². The summed E-state index contributed by atoms with van der Waals surface area (Å²) in [7, 11) is 0. The SMILES string of the molecule is N#Cc1ccc(N)cc1OCCc1ccccc1. The first-order chi connectivity index (χ1) is 8.79. The molecule has 0 radical (unpaired) electrons. The van der Waals surface area contributed by atoms with Crippen molar-refractivity contribution in [1.82, 2.24) is 0 Å². The summed E-state index contributed by atoms with van der Waals surface area (Å²) in [6.45, 7) is 0.530. The summed E-state index contributed by atoms with van der Waals surface area (Å²) in [6, 6.07) is 17.2. The molecule has 0 unspecified atom stereocenters. The highest BCUT2D eigenvalue weighted by atomic mass is 16.5. The highest BCUT2D eigenvalue weighted by Gasteiger charge is 2.03. The molecule has 2 aromatic rings. The third-order valence-electron chi connectivity index (χ3n) is 2.62. The van der Waals surface area contributed by atoms with E-state index in [0.29, 0.717) is 23.6 Å². The highest BCUT2D eigenvalue weighted by molar-refractivity contribution is 5.52. The van der Waals surface area contributed by atoms with Crippen LogP contribution in [-0.2, 0) is 6.42 Å². The Bertz CT molecular complexity index is 558. The maximum Gasteiger partial charge on any atom is 0.139 e. The number of hydrogen-bond donors (Lipinski definition) is 1. The maximum absolute atomic E-state index is 8.95. The molecule has 2 N–H and O–H groups in total. The molecule has 0 aliphatic carbocycles. The summed E-state index contributed by atoms with van der Waals surface area (Å²) in [5.41, 5.74) is 8.00. The van der Waals surface area contributed by atoms with Gasteiger partial charge in [0.1, 0.15) is 11.8 Å². The molecule has 0 heterocycles. The average molecular weight is 238 g/mol. The summed E-state index contributed by atoms with van der Waals surface area (Å²) in [5.74, 6) is 0.549. The fourth-order valence-corrected chi connectivity index (χ4v) is 1.67. The Kier molecular flexibility index (Phi) is 3.83. The van der Waals surface area contributed by atoms with Crippen molar-refractivity contribution in [2.45, 2.75) is 6.42 Å². The Labute approximate surface area is 106 Å². The van der Waals surface area contributed by atoms with Gasteiger partial charge >= 0.3 is 0 Å². The topological polar surface area (TPSA) is 59.0 Å². The first-order valence-corrected chi connectivity index (χ1v) is 5.76. The van der Waals surface area contributed by atoms with Crippen LogP contribution in [-0.4, -0.2) is 6.61 Å². The highest BCUT2D eigenvalue weighted by Crippen LogP contribution is 2.21. The van der Waals surface area contributed by atoms with Crippen LogP contribution >= 0.6 is 0 Å². The second kappa shape index (κ2) is 5.74. The van der Waals surface area contributed by atoms with Crippen molar-refractivity contribution in [1.29, 1.82) is 5.26 Å². The van der Waals surface area contributed by atoms with Gasteiger partial charge in [-0.05, 0) is 17.7 Å². The first-order valence-electron chi connectivity index (χ1n) is 5.76. The standard InChI is InChI=1S/C15H14N2O/c16-11-13-6-7-14(17)10-15(13)18-9-8-12-4-2-1-3-5-12/h1-7,10H,8-9,17H2. The van der Waals surface area contributed by atoms with E-state index in [4.69, 9.17) is 15.7 Å². The van der Waals surface area contributed by atoms with Gasteiger partial charge in [-0.2, -0.15) is 5.26 Å². The molecule has 90 valence electrons. The molecule has 0 fully saturated rings. The fourth-order valence-electron chi connectivity index (χ4n) is 1.67. The summed E-state index contributed by atoms with van der Waals surface area (Å²) in [5, 5.41) is 8.95. The van der Waals surface area contributed by atoms with Gasteiger partial charge in [-0.3, -0.25) is 0 Å². The molecule has 3 nitrogen and oxygen atoms in total. The molecular weight excluding hydrogens is 224 g/mol. The summed E-state index contributed by atoms with van der Waals surface area (Å²) in [6.07, 6.45) is 0.806. The van der Waals surface area contributed by atoms with Crippen LogP contribution in [0.2, 0.25) is 0 Å². The lowest BCUT2D eigenvalue weighted by atomic mass is 10.1. The van der Waals surface area contributed by atoms with Crippen molar-refractivity contribution in [3.05, 3.63) is 59.7 Å². The average Bonchev–Trinajstić information content (AvgIpc) is 2.40. The minimum Gasteiger partial charge on any atom is -0.492 e. The molecule has 0 aromatic heterocycles. The van der Waals surface area contributed by atoms with Crippen LogP contribution in [0.25, 0.3) is 0 Å². The number of benzene rings is 2. The number of nitrogen functional groups attached to an aromatic ring is 1. The van der Waals surface area contributed by atoms with E-state index in [1.165, 1.54) is 5.56 Å². The Balaban J connectivity index is 1.98. The monoisotopic (exact) mass is 238 g/mol. The zero-order chi connectivity index (χ0) is 12.8. The lowest BCUT2D eigenvalue weighted by Crippen LogP contribution is -2.03. The zero-order valence-electron chi connectivity index (χ0n) is 9.97. The minimum absolute atomic E-state index is 0.511. The van der Waals surface area contributed by atoms with Crippen molar-refractivity contribution in [3.8, 4) is 11.8 Å². The van der Waals surface area contributed by atoms with Crippen LogP contribution in [0.1, 0.15) is 11.1 Å². The lowest BCUT2D eigenvalue weighted by Gasteiger charge is -2.08. The second-order valence-electron chi connectivity index (χ2n) is 3.95. The van der Waals surface area contributed by atoms with Crippen molar-refractivity contribution in [2.75, 3.05) is 12.3 Å². The molecule has 0 spiro atoms. The van der Waals surface area contributed by atoms with E-state index < -0.39 is 0 Å². The van der Waals surface area contributed by atoms with Gasteiger partial charge < -0.3 is 10.5 Å². The van der Waals surface area contributed by atoms with Gasteiger partial charge in [0.05, 0.1) is 12.2 Å². The van der Waals surface area contributed by atoms with Crippen molar-refractivity contribution in [2.24, 2.45) is 0 Å². The lowest BCUT2D eigenvalue weighted by molar-refractivity contribution is 0.321. The smallest absolute Gasteiger partial charge is 0.139 e. The van der Waals surface area contributed by atoms with E-state index in [0.717, 1.165) is 6.42 Å². The number of ether oxygens (including phenoxy) is 1. The van der Waals surface area contributed by atoms with Crippen LogP contribution in [0, 0.1) is 11.3 Å². The van der Waals surface area contributed by atoms with Crippen molar-refractivity contribution < 1.29 is 4.74 Å². The number of rotatable bonds is 4. The van der Waals surface area contributed by atoms with E-state index in [9.17, 15) is 0 Å². The number of nitriles is 1. The third-order valence-corrected chi connectivity index (χ3v) is 2.62. The molecule has 3 heteroatoms. The van der Waals surface area contributed by atoms with Gasteiger partial charge in [-0.25, -0.2) is 0 Å². The predicted molar refractivity (Wildman–Crippen MR) is 71.2 cm³/mol. The zero-order valence-corrected chi connectivity index (χ0v) is 9.97. The van der Waals surface area contributed by atoms with Crippen LogP contribution in [0.15, 0.2) is 48.5 Å². The Morgan fingerprint density at radius 1 is 1.11 bits per heavy atom. The molecule has 0 bridgehead atoms. The van der Waals surface area contributed by atoms with Gasteiger partial charge in [-0.1, -0.05) is 30.3 Å². The van der Waals surface area contributed by atoms with Gasteiger partial charge in [-0.15, -0.1) is 0 Å². The largest absolute Gasteiger partial charge is 0.492 e. The Morgan fingerprint density at radius 3 is 2.61 bits per heavy atom. The van der Waals surface area contributed by atoms with E-state index in [-0.39, 0.29) is 0 Å². The van der Waals surface area contributed by atoms with E-state index >= 15 is 0 Å². The molecule has 0 amide bonds. The number of nitrogens with zero attached hydrogens (tertiary/aromatic N) is 1. The van der Waals surface area contributed by atoms with Gasteiger partial charge in [0, 0.05) is 18.2 Å². The number of nitrogens with two attached hydrogens (primary N) is 1. The van der Waals surface area contributed by atoms with E-state index in [2.05, 4.69) is 6.07 Å². The third kappa shape index (κ3) is 3.02. The van der Waals surface area contributed by atoms with Gasteiger partial charge in [0.2, 0.25) is 0 Å². The van der Waals surface area contributed by atoms with Crippen molar-refractivity contribution in [3.63, 3.8) is 0 Å². The normalized spacial score (nSPS) is 9.72. The summed E-state index contributed by atoms with van der Waals surface area (Å²) < 4.78 is 5.61. The molecule has 0 aliphatic rings. The van der Waals surface area contributed by atoms with E-state index in [1.807, 2.05) is 30.3 Å². The molecule has 0 atom stereocenters. The molecule has 0 saturated heterocycles. The quantitative estimate of drug-likeness (QED) is 0.833. The van der Waals surface area contributed by atoms with Crippen LogP contribution in [0.4, 0.5) is 5.69 Å². The van der Waals surface area contributed by atoms with Gasteiger partial charge in [0.25, 0.3) is 0 Å². The Morgan fingerprint density at radius 2 is 1.89 bits per heavy atom. The number of anilines is 1. The Hall–Kier alpha value is -2.47. The number of hydrogen-bond acceptors (Lipinski definition) is 3. The summed E-state index contributed by atoms with van der Waals surface area (Å²) >= 11 is 0. The van der Waals surface area contributed by atoms with Crippen molar-refractivity contribution >= 4 is 5.69 Å². The maximum atomic E-state index is 8.95. The molecule has 0 saturated carbocycles. The first kappa shape index (κ1) is 12.0. The minimum atomic E-state index is 0.511. The van der Waals surface area contributed by atoms with Crippen LogP contribution < -0.4 is 10.5 Å². The second-order valence-corrected chi connectivity index (χ2v) is 3.95. The fraction of sp³-hybridized carbons (Fsp3) is 0.133. The predicted octanol–water partition coefficient (Wildman–Crippen LogP) is 2.76. The molecule has 2 aromatic carbocycles. The molecular formula is C15H14N2O. The molecule has 2 rings (SSSR count). The molecule has 0 aliphatic heterocycles. The van der Waals surface area contributed by atoms with Crippen LogP contribution in [0.5, 0.6) is 5.75 Å². The van der Waals surface area contributed by atoms with Crippen LogP contribution in [0.3, 0.4) is 0 Å². The molecule has 18 heavy (non-hydrogen) atoms.